The van der Waals surface area contributed by atoms with Crippen LogP contribution in [-0.4, -0.2) is 21.7 Å². The Morgan fingerprint density at radius 1 is 1.85 bits per heavy atom. The standard InChI is InChI=1S/C6H9FN4O2/c7-5(1-2-8)4-3-9-10-6(4)11(12)13/h3,5H,1-2,8H2,(H,9,10). The zero-order chi connectivity index (χ0) is 9.84. The Labute approximate surface area is 73.1 Å². The molecule has 0 aliphatic carbocycles. The fourth-order valence-corrected chi connectivity index (χ4v) is 0.966. The number of H-pyrrole nitrogens is 1. The van der Waals surface area contributed by atoms with E-state index >= 15 is 0 Å². The van der Waals surface area contributed by atoms with Crippen molar-refractivity contribution in [2.45, 2.75) is 12.6 Å². The molecule has 6 nitrogen and oxygen atoms in total. The first-order valence-corrected chi connectivity index (χ1v) is 3.68. The lowest BCUT2D eigenvalue weighted by molar-refractivity contribution is -0.390. The Hall–Kier alpha value is -1.50. The number of halogens is 1. The molecule has 0 amide bonds. The Bertz CT molecular complexity index is 301. The molecule has 7 heteroatoms. The number of rotatable bonds is 4. The maximum Gasteiger partial charge on any atom is 0.348 e. The van der Waals surface area contributed by atoms with Gasteiger partial charge in [-0.3, -0.25) is 0 Å². The summed E-state index contributed by atoms with van der Waals surface area (Å²) in [6.45, 7) is 0.142. The average Bonchev–Trinajstić information content (AvgIpc) is 2.52. The Balaban J connectivity index is 2.86. The number of nitrogens with one attached hydrogen (secondary N) is 1. The minimum Gasteiger partial charge on any atom is -0.358 e. The zero-order valence-corrected chi connectivity index (χ0v) is 6.74. The van der Waals surface area contributed by atoms with E-state index in [-0.39, 0.29) is 18.5 Å². The molecular weight excluding hydrogens is 179 g/mol. The fraction of sp³-hybridized carbons (Fsp3) is 0.500. The van der Waals surface area contributed by atoms with Crippen molar-refractivity contribution in [2.75, 3.05) is 6.54 Å². The largest absolute Gasteiger partial charge is 0.358 e. The van der Waals surface area contributed by atoms with Crippen LogP contribution in [0.3, 0.4) is 0 Å². The summed E-state index contributed by atoms with van der Waals surface area (Å²) in [5.41, 5.74) is 5.08. The quantitative estimate of drug-likeness (QED) is 0.536. The normalized spacial score (nSPS) is 12.8. The molecule has 0 aliphatic heterocycles. The first kappa shape index (κ1) is 9.59. The van der Waals surface area contributed by atoms with Crippen LogP contribution in [0.2, 0.25) is 0 Å². The van der Waals surface area contributed by atoms with Crippen molar-refractivity contribution < 1.29 is 9.31 Å². The van der Waals surface area contributed by atoms with Crippen LogP contribution in [0.1, 0.15) is 18.2 Å². The molecule has 1 atom stereocenters. The van der Waals surface area contributed by atoms with Crippen LogP contribution in [0, 0.1) is 10.1 Å². The first-order valence-electron chi connectivity index (χ1n) is 3.68. The summed E-state index contributed by atoms with van der Waals surface area (Å²) < 4.78 is 13.1. The highest BCUT2D eigenvalue weighted by Crippen LogP contribution is 2.27. The number of aromatic amines is 1. The molecule has 1 heterocycles. The average molecular weight is 188 g/mol. The third kappa shape index (κ3) is 2.00. The Morgan fingerprint density at radius 3 is 3.08 bits per heavy atom. The van der Waals surface area contributed by atoms with E-state index in [0.29, 0.717) is 0 Å². The molecule has 1 aromatic heterocycles. The van der Waals surface area contributed by atoms with Crippen molar-refractivity contribution in [1.29, 1.82) is 0 Å². The van der Waals surface area contributed by atoms with Gasteiger partial charge in [-0.2, -0.15) is 0 Å². The van der Waals surface area contributed by atoms with Gasteiger partial charge in [-0.15, -0.1) is 5.10 Å². The third-order valence-electron chi connectivity index (χ3n) is 1.59. The molecule has 1 aromatic rings. The molecule has 72 valence electrons. The minimum absolute atomic E-state index is 0.0459. The fourth-order valence-electron chi connectivity index (χ4n) is 0.966. The molecule has 0 saturated heterocycles. The highest BCUT2D eigenvalue weighted by atomic mass is 19.1. The number of nitrogens with two attached hydrogens (primary N) is 1. The second kappa shape index (κ2) is 3.94. The third-order valence-corrected chi connectivity index (χ3v) is 1.59. The minimum atomic E-state index is -1.43. The molecule has 3 N–H and O–H groups in total. The monoisotopic (exact) mass is 188 g/mol. The molecule has 0 spiro atoms. The summed E-state index contributed by atoms with van der Waals surface area (Å²) in [6.07, 6.45) is -0.261. The maximum absolute atomic E-state index is 13.1. The molecule has 0 saturated carbocycles. The molecule has 0 bridgehead atoms. The molecule has 1 rings (SSSR count). The van der Waals surface area contributed by atoms with Gasteiger partial charge in [0.1, 0.15) is 11.7 Å². The number of nitrogens with zero attached hydrogens (tertiary/aromatic N) is 2. The summed E-state index contributed by atoms with van der Waals surface area (Å²) >= 11 is 0. The molecule has 0 aliphatic rings. The summed E-state index contributed by atoms with van der Waals surface area (Å²) in [6, 6.07) is 0. The second-order valence-corrected chi connectivity index (χ2v) is 2.48. The van der Waals surface area contributed by atoms with E-state index in [4.69, 9.17) is 5.73 Å². The van der Waals surface area contributed by atoms with Gasteiger partial charge in [0.2, 0.25) is 0 Å². The predicted molar refractivity (Wildman–Crippen MR) is 42.8 cm³/mol. The Morgan fingerprint density at radius 2 is 2.54 bits per heavy atom. The Kier molecular flexibility index (Phi) is 2.91. The van der Waals surface area contributed by atoms with Crippen LogP contribution in [0.25, 0.3) is 0 Å². The number of hydrogen-bond acceptors (Lipinski definition) is 4. The smallest absolute Gasteiger partial charge is 0.348 e. The van der Waals surface area contributed by atoms with Gasteiger partial charge in [0.25, 0.3) is 0 Å². The molecule has 13 heavy (non-hydrogen) atoms. The van der Waals surface area contributed by atoms with Crippen molar-refractivity contribution >= 4 is 5.82 Å². The zero-order valence-electron chi connectivity index (χ0n) is 6.74. The van der Waals surface area contributed by atoms with E-state index in [1.807, 2.05) is 0 Å². The number of nitro groups is 1. The van der Waals surface area contributed by atoms with Crippen molar-refractivity contribution in [3.05, 3.63) is 21.9 Å². The van der Waals surface area contributed by atoms with Crippen LogP contribution >= 0.6 is 0 Å². The molecule has 0 fully saturated rings. The SMILES string of the molecule is NCCC(F)c1cn[nH]c1[N+](=O)[O-]. The van der Waals surface area contributed by atoms with E-state index in [1.165, 1.54) is 0 Å². The lowest BCUT2D eigenvalue weighted by Crippen LogP contribution is -2.04. The van der Waals surface area contributed by atoms with Crippen molar-refractivity contribution in [3.63, 3.8) is 0 Å². The van der Waals surface area contributed by atoms with Crippen LogP contribution < -0.4 is 5.73 Å². The van der Waals surface area contributed by atoms with E-state index < -0.39 is 16.9 Å². The summed E-state index contributed by atoms with van der Waals surface area (Å²) in [7, 11) is 0. The summed E-state index contributed by atoms with van der Waals surface area (Å²) in [5.74, 6) is -0.402. The van der Waals surface area contributed by atoms with Gasteiger partial charge in [0, 0.05) is 0 Å². The van der Waals surface area contributed by atoms with Gasteiger partial charge in [0.05, 0.1) is 6.20 Å². The van der Waals surface area contributed by atoms with Gasteiger partial charge < -0.3 is 15.8 Å². The van der Waals surface area contributed by atoms with E-state index in [2.05, 4.69) is 10.2 Å². The number of hydrogen-bond donors (Lipinski definition) is 2. The van der Waals surface area contributed by atoms with Crippen LogP contribution in [-0.2, 0) is 0 Å². The lowest BCUT2D eigenvalue weighted by Gasteiger charge is -2.02. The molecular formula is C6H9FN4O2. The lowest BCUT2D eigenvalue weighted by atomic mass is 10.1. The number of aromatic nitrogens is 2. The number of alkyl halides is 1. The molecule has 0 aromatic carbocycles. The van der Waals surface area contributed by atoms with Crippen LogP contribution in [0.4, 0.5) is 10.2 Å². The molecule has 1 unspecified atom stereocenters. The molecule has 0 radical (unpaired) electrons. The van der Waals surface area contributed by atoms with Crippen molar-refractivity contribution in [3.8, 4) is 0 Å². The summed E-state index contributed by atoms with van der Waals surface area (Å²) in [5, 5.41) is 15.8. The first-order chi connectivity index (χ1) is 6.16. The highest BCUT2D eigenvalue weighted by molar-refractivity contribution is 5.31. The van der Waals surface area contributed by atoms with Gasteiger partial charge in [-0.05, 0) is 17.9 Å². The van der Waals surface area contributed by atoms with Crippen molar-refractivity contribution in [1.82, 2.24) is 10.2 Å². The van der Waals surface area contributed by atoms with Gasteiger partial charge in [0.15, 0.2) is 0 Å². The highest BCUT2D eigenvalue weighted by Gasteiger charge is 2.22. The van der Waals surface area contributed by atoms with Gasteiger partial charge in [-0.25, -0.2) is 4.39 Å². The van der Waals surface area contributed by atoms with Crippen LogP contribution in [0.5, 0.6) is 0 Å². The van der Waals surface area contributed by atoms with E-state index in [9.17, 15) is 14.5 Å². The van der Waals surface area contributed by atoms with E-state index in [0.717, 1.165) is 6.20 Å². The second-order valence-electron chi connectivity index (χ2n) is 2.48. The maximum atomic E-state index is 13.1. The topological polar surface area (TPSA) is 97.8 Å². The van der Waals surface area contributed by atoms with Gasteiger partial charge >= 0.3 is 5.82 Å². The van der Waals surface area contributed by atoms with Crippen molar-refractivity contribution in [2.24, 2.45) is 5.73 Å². The van der Waals surface area contributed by atoms with Crippen LogP contribution in [0.15, 0.2) is 6.20 Å². The van der Waals surface area contributed by atoms with E-state index in [1.54, 1.807) is 0 Å². The predicted octanol–water partition coefficient (Wildman–Crippen LogP) is 0.677. The van der Waals surface area contributed by atoms with Gasteiger partial charge in [-0.1, -0.05) is 5.10 Å². The summed E-state index contributed by atoms with van der Waals surface area (Å²) in [4.78, 5) is 9.63.